The van der Waals surface area contributed by atoms with Crippen molar-refractivity contribution < 1.29 is 0 Å². The molecule has 0 fully saturated rings. The molecular weight excluding hydrogens is 256 g/mol. The average molecular weight is 263 g/mol. The Hall–Kier alpha value is -1.64. The summed E-state index contributed by atoms with van der Waals surface area (Å²) < 4.78 is 0. The van der Waals surface area contributed by atoms with Gasteiger partial charge in [0.05, 0.1) is 11.6 Å². The van der Waals surface area contributed by atoms with E-state index in [0.29, 0.717) is 20.9 Å². The summed E-state index contributed by atoms with van der Waals surface area (Å²) in [4.78, 5) is 12.4. The second-order valence-corrected chi connectivity index (χ2v) is 4.65. The zero-order valence-electron chi connectivity index (χ0n) is 8.88. The van der Waals surface area contributed by atoms with Crippen LogP contribution in [0.15, 0.2) is 34.7 Å². The fourth-order valence-corrected chi connectivity index (χ4v) is 2.10. The van der Waals surface area contributed by atoms with E-state index >= 15 is 0 Å². The highest BCUT2D eigenvalue weighted by Crippen LogP contribution is 2.24. The van der Waals surface area contributed by atoms with Crippen LogP contribution in [-0.2, 0) is 0 Å². The number of hydrogen-bond donors (Lipinski definition) is 0. The largest absolute Gasteiger partial charge is 0.231 e. The highest BCUT2D eigenvalue weighted by atomic mass is 35.5. The molecule has 0 aliphatic rings. The molecule has 2 heterocycles. The molecule has 17 heavy (non-hydrogen) atoms. The Morgan fingerprint density at radius 2 is 2.00 bits per heavy atom. The highest BCUT2D eigenvalue weighted by molar-refractivity contribution is 7.99. The summed E-state index contributed by atoms with van der Waals surface area (Å²) in [6.07, 6.45) is 3.45. The molecule has 2 aromatic heterocycles. The molecule has 0 bridgehead atoms. The number of nitrogens with zero attached hydrogens (tertiary/aromatic N) is 4. The molecule has 0 atom stereocenters. The van der Waals surface area contributed by atoms with Gasteiger partial charge >= 0.3 is 0 Å². The third-order valence-electron chi connectivity index (χ3n) is 1.85. The van der Waals surface area contributed by atoms with Crippen LogP contribution in [0.5, 0.6) is 0 Å². The molecule has 6 heteroatoms. The molecule has 0 unspecified atom stereocenters. The van der Waals surface area contributed by atoms with Crippen molar-refractivity contribution in [3.63, 3.8) is 0 Å². The van der Waals surface area contributed by atoms with Crippen LogP contribution in [0.4, 0.5) is 0 Å². The second kappa shape index (κ2) is 5.13. The Bertz CT molecular complexity index is 577. The first-order chi connectivity index (χ1) is 8.17. The van der Waals surface area contributed by atoms with E-state index in [0.717, 1.165) is 5.56 Å². The zero-order chi connectivity index (χ0) is 12.3. The van der Waals surface area contributed by atoms with E-state index in [-0.39, 0.29) is 0 Å². The summed E-state index contributed by atoms with van der Waals surface area (Å²) in [6, 6.07) is 5.19. The van der Waals surface area contributed by atoms with Crippen molar-refractivity contribution in [2.24, 2.45) is 0 Å². The summed E-state index contributed by atoms with van der Waals surface area (Å²) in [7, 11) is 0. The lowest BCUT2D eigenvalue weighted by molar-refractivity contribution is 0.944. The number of hydrogen-bond acceptors (Lipinski definition) is 5. The van der Waals surface area contributed by atoms with Crippen molar-refractivity contribution in [1.29, 1.82) is 5.26 Å². The van der Waals surface area contributed by atoms with Crippen molar-refractivity contribution in [3.8, 4) is 6.07 Å². The summed E-state index contributed by atoms with van der Waals surface area (Å²) in [5.74, 6) is 0. The standard InChI is InChI=1S/C11H7ClN4S/c1-7-5-14-11(15-6-7)17-10-3-8(4-13)2-9(12)16-10/h2-3,5-6H,1H3. The fourth-order valence-electron chi connectivity index (χ4n) is 1.12. The van der Waals surface area contributed by atoms with Gasteiger partial charge in [0.25, 0.3) is 0 Å². The van der Waals surface area contributed by atoms with Crippen LogP contribution in [-0.4, -0.2) is 15.0 Å². The van der Waals surface area contributed by atoms with E-state index in [9.17, 15) is 0 Å². The summed E-state index contributed by atoms with van der Waals surface area (Å²) >= 11 is 7.07. The van der Waals surface area contributed by atoms with Gasteiger partial charge in [0.15, 0.2) is 5.16 Å². The smallest absolute Gasteiger partial charge is 0.193 e. The second-order valence-electron chi connectivity index (χ2n) is 3.27. The van der Waals surface area contributed by atoms with E-state index < -0.39 is 0 Å². The Balaban J connectivity index is 2.27. The van der Waals surface area contributed by atoms with E-state index in [2.05, 4.69) is 15.0 Å². The predicted octanol–water partition coefficient (Wildman–Crippen LogP) is 2.86. The van der Waals surface area contributed by atoms with E-state index in [1.54, 1.807) is 18.5 Å². The predicted molar refractivity (Wildman–Crippen MR) is 64.9 cm³/mol. The summed E-state index contributed by atoms with van der Waals surface area (Å²) in [6.45, 7) is 1.92. The van der Waals surface area contributed by atoms with Gasteiger partial charge in [-0.1, -0.05) is 11.6 Å². The number of aryl methyl sites for hydroxylation is 1. The third kappa shape index (κ3) is 3.16. The highest BCUT2D eigenvalue weighted by Gasteiger charge is 2.05. The molecule has 4 nitrogen and oxygen atoms in total. The van der Waals surface area contributed by atoms with E-state index in [4.69, 9.17) is 16.9 Å². The molecule has 2 rings (SSSR count). The first-order valence-electron chi connectivity index (χ1n) is 4.71. The topological polar surface area (TPSA) is 62.5 Å². The van der Waals surface area contributed by atoms with Crippen LogP contribution in [0.2, 0.25) is 5.15 Å². The fraction of sp³-hybridized carbons (Fsp3) is 0.0909. The minimum Gasteiger partial charge on any atom is -0.231 e. The van der Waals surface area contributed by atoms with Crippen molar-refractivity contribution in [2.75, 3.05) is 0 Å². The Labute approximate surface area is 108 Å². The van der Waals surface area contributed by atoms with Gasteiger partial charge in [-0.05, 0) is 36.4 Å². The zero-order valence-corrected chi connectivity index (χ0v) is 10.5. The Morgan fingerprint density at radius 1 is 1.29 bits per heavy atom. The molecule has 2 aromatic rings. The van der Waals surface area contributed by atoms with Crippen molar-refractivity contribution in [1.82, 2.24) is 15.0 Å². The number of halogens is 1. The molecular formula is C11H7ClN4S. The van der Waals surface area contributed by atoms with Gasteiger partial charge in [0, 0.05) is 12.4 Å². The quantitative estimate of drug-likeness (QED) is 0.615. The number of aromatic nitrogens is 3. The van der Waals surface area contributed by atoms with E-state index in [1.165, 1.54) is 17.8 Å². The van der Waals surface area contributed by atoms with Crippen LogP contribution in [0.3, 0.4) is 0 Å². The molecule has 0 amide bonds. The van der Waals surface area contributed by atoms with Gasteiger partial charge in [-0.15, -0.1) is 0 Å². The Morgan fingerprint density at radius 3 is 2.65 bits per heavy atom. The van der Waals surface area contributed by atoms with Crippen LogP contribution in [0.1, 0.15) is 11.1 Å². The van der Waals surface area contributed by atoms with Crippen LogP contribution in [0.25, 0.3) is 0 Å². The first-order valence-corrected chi connectivity index (χ1v) is 5.91. The maximum atomic E-state index is 8.81. The van der Waals surface area contributed by atoms with Gasteiger partial charge < -0.3 is 0 Å². The average Bonchev–Trinajstić information content (AvgIpc) is 2.31. The van der Waals surface area contributed by atoms with Crippen LogP contribution >= 0.6 is 23.4 Å². The molecule has 84 valence electrons. The lowest BCUT2D eigenvalue weighted by atomic mass is 10.3. The normalized spacial score (nSPS) is 9.94. The molecule has 0 aliphatic heterocycles. The molecule has 0 aliphatic carbocycles. The molecule has 0 saturated heterocycles. The van der Waals surface area contributed by atoms with Crippen molar-refractivity contribution in [2.45, 2.75) is 17.1 Å². The molecule has 0 saturated carbocycles. The Kier molecular flexibility index (Phi) is 3.57. The maximum Gasteiger partial charge on any atom is 0.193 e. The van der Waals surface area contributed by atoms with Gasteiger partial charge in [-0.3, -0.25) is 0 Å². The lowest BCUT2D eigenvalue weighted by Gasteiger charge is -2.00. The van der Waals surface area contributed by atoms with E-state index in [1.807, 2.05) is 13.0 Å². The lowest BCUT2D eigenvalue weighted by Crippen LogP contribution is -1.89. The van der Waals surface area contributed by atoms with Crippen LogP contribution in [0, 0.1) is 18.3 Å². The summed E-state index contributed by atoms with van der Waals surface area (Å²) in [5, 5.41) is 10.3. The number of pyridine rings is 1. The molecule has 0 N–H and O–H groups in total. The maximum absolute atomic E-state index is 8.81. The molecule has 0 radical (unpaired) electrons. The van der Waals surface area contributed by atoms with Gasteiger partial charge in [-0.2, -0.15) is 5.26 Å². The van der Waals surface area contributed by atoms with Crippen LogP contribution < -0.4 is 0 Å². The van der Waals surface area contributed by atoms with Crippen molar-refractivity contribution >= 4 is 23.4 Å². The molecule has 0 spiro atoms. The minimum atomic E-state index is 0.290. The first kappa shape index (κ1) is 11.8. The third-order valence-corrected chi connectivity index (χ3v) is 2.86. The number of nitriles is 1. The SMILES string of the molecule is Cc1cnc(Sc2cc(C#N)cc(Cl)n2)nc1. The minimum absolute atomic E-state index is 0.290. The molecule has 0 aromatic carbocycles. The van der Waals surface area contributed by atoms with Gasteiger partial charge in [0.1, 0.15) is 10.2 Å². The van der Waals surface area contributed by atoms with Gasteiger partial charge in [-0.25, -0.2) is 15.0 Å². The monoisotopic (exact) mass is 262 g/mol. The van der Waals surface area contributed by atoms with Crippen molar-refractivity contribution in [3.05, 3.63) is 40.8 Å². The van der Waals surface area contributed by atoms with Gasteiger partial charge in [0.2, 0.25) is 0 Å². The number of rotatable bonds is 2. The summed E-state index contributed by atoms with van der Waals surface area (Å²) in [5.41, 5.74) is 1.46.